The number of aromatic nitrogens is 2. The largest absolute Gasteiger partial charge is 0.421 e. The number of nitrogens with zero attached hydrogens (tertiary/aromatic N) is 3. The van der Waals surface area contributed by atoms with E-state index >= 15 is 0 Å². The van der Waals surface area contributed by atoms with E-state index in [9.17, 15) is 27.7 Å². The van der Waals surface area contributed by atoms with E-state index in [0.29, 0.717) is 16.9 Å². The molecule has 0 bridgehead atoms. The number of halogens is 2. The number of nitrogens with one attached hydrogen (secondary N) is 1. The van der Waals surface area contributed by atoms with Gasteiger partial charge in [-0.3, -0.25) is 10.1 Å². The van der Waals surface area contributed by atoms with Gasteiger partial charge in [-0.15, -0.1) is 10.2 Å². The molecule has 13 heteroatoms. The van der Waals surface area contributed by atoms with E-state index in [0.717, 1.165) is 18.4 Å². The third kappa shape index (κ3) is 6.19. The first kappa shape index (κ1) is 24.0. The van der Waals surface area contributed by atoms with Crippen molar-refractivity contribution in [1.29, 1.82) is 5.26 Å². The number of carbonyl (C=O) groups is 2. The first-order valence-electron chi connectivity index (χ1n) is 8.81. The van der Waals surface area contributed by atoms with Crippen LogP contribution >= 0.6 is 22.9 Å². The Morgan fingerprint density at radius 3 is 2.48 bits per heavy atom. The van der Waals surface area contributed by atoms with Gasteiger partial charge in [-0.2, -0.15) is 5.26 Å². The summed E-state index contributed by atoms with van der Waals surface area (Å²) in [5.74, 6) is -2.06. The van der Waals surface area contributed by atoms with E-state index < -0.39 is 27.5 Å². The quantitative estimate of drug-likeness (QED) is 0.176. The molecule has 0 radical (unpaired) electrons. The highest BCUT2D eigenvalue weighted by atomic mass is 35.5. The summed E-state index contributed by atoms with van der Waals surface area (Å²) in [6, 6.07) is 10.7. The zero-order valence-corrected chi connectivity index (χ0v) is 19.0. The molecule has 0 unspecified atom stereocenters. The topological polar surface area (TPSA) is 139 Å². The zero-order chi connectivity index (χ0) is 24.2. The molecule has 1 aromatic heterocycles. The molecule has 0 saturated heterocycles. The Bertz CT molecular complexity index is 1410. The number of hydrogen-bond donors (Lipinski definition) is 1. The smallest absolute Gasteiger partial charge is 0.343 e. The van der Waals surface area contributed by atoms with Gasteiger partial charge in [-0.25, -0.2) is 17.6 Å². The average molecular weight is 507 g/mol. The maximum Gasteiger partial charge on any atom is 0.343 e. The van der Waals surface area contributed by atoms with E-state index in [4.69, 9.17) is 16.3 Å². The minimum Gasteiger partial charge on any atom is -0.421 e. The van der Waals surface area contributed by atoms with Crippen LogP contribution in [0.2, 0.25) is 5.02 Å². The fourth-order valence-electron chi connectivity index (χ4n) is 2.32. The maximum absolute atomic E-state index is 13.0. The average Bonchev–Trinajstić information content (AvgIpc) is 3.23. The summed E-state index contributed by atoms with van der Waals surface area (Å²) in [5.41, 5.74) is 0.149. The minimum absolute atomic E-state index is 0.0215. The minimum atomic E-state index is -3.58. The van der Waals surface area contributed by atoms with E-state index in [2.05, 4.69) is 15.5 Å². The molecular weight excluding hydrogens is 495 g/mol. The van der Waals surface area contributed by atoms with E-state index in [1.165, 1.54) is 36.4 Å². The van der Waals surface area contributed by atoms with Crippen LogP contribution in [0.1, 0.15) is 15.9 Å². The third-order valence-electron chi connectivity index (χ3n) is 3.86. The summed E-state index contributed by atoms with van der Waals surface area (Å²) in [5, 5.41) is 18.6. The molecular formula is C20H12ClFN4O5S2. The molecule has 0 atom stereocenters. The van der Waals surface area contributed by atoms with Gasteiger partial charge in [0.1, 0.15) is 23.2 Å². The van der Waals surface area contributed by atoms with Crippen molar-refractivity contribution in [3.63, 3.8) is 0 Å². The lowest BCUT2D eigenvalue weighted by Gasteiger charge is -2.07. The highest BCUT2D eigenvalue weighted by Crippen LogP contribution is 2.27. The van der Waals surface area contributed by atoms with E-state index in [-0.39, 0.29) is 31.4 Å². The van der Waals surface area contributed by atoms with Crippen molar-refractivity contribution >= 4 is 55.9 Å². The Kier molecular flexibility index (Phi) is 7.17. The molecule has 3 aromatic rings. The van der Waals surface area contributed by atoms with Crippen LogP contribution in [0.25, 0.3) is 6.08 Å². The summed E-state index contributed by atoms with van der Waals surface area (Å²) in [7, 11) is -3.58. The first-order valence-corrected chi connectivity index (χ1v) is 11.9. The number of anilines is 1. The summed E-state index contributed by atoms with van der Waals surface area (Å²) < 4.78 is 40.8. The molecule has 0 aliphatic heterocycles. The molecule has 33 heavy (non-hydrogen) atoms. The standard InChI is InChI=1S/C20H12ClFN4O5S2/c1-33(29,30)20-26-25-19(32-20)24-17(27)13(10-23)8-11-2-7-16(15(21)9-11)31-18(28)12-3-5-14(22)6-4-12/h2-9H,1H3,(H,24,25,27). The Morgan fingerprint density at radius 2 is 1.91 bits per heavy atom. The molecule has 168 valence electrons. The molecule has 9 nitrogen and oxygen atoms in total. The molecule has 0 saturated carbocycles. The van der Waals surface area contributed by atoms with Gasteiger partial charge in [-0.1, -0.05) is 29.0 Å². The van der Waals surface area contributed by atoms with Crippen LogP contribution in [0.5, 0.6) is 5.75 Å². The van der Waals surface area contributed by atoms with Gasteiger partial charge in [0.15, 0.2) is 0 Å². The SMILES string of the molecule is CS(=O)(=O)c1nnc(NC(=O)C(C#N)=Cc2ccc(OC(=O)c3ccc(F)cc3)c(Cl)c2)s1. The molecule has 0 aliphatic rings. The number of esters is 1. The number of ether oxygens (including phenoxy) is 1. The summed E-state index contributed by atoms with van der Waals surface area (Å²) in [4.78, 5) is 24.5. The second-order valence-electron chi connectivity index (χ2n) is 6.36. The molecule has 0 spiro atoms. The highest BCUT2D eigenvalue weighted by Gasteiger charge is 2.18. The Labute approximate surface area is 196 Å². The van der Waals surface area contributed by atoms with Gasteiger partial charge < -0.3 is 4.74 Å². The number of benzene rings is 2. The summed E-state index contributed by atoms with van der Waals surface area (Å²) in [6.45, 7) is 0. The predicted octanol–water partition coefficient (Wildman–Crippen LogP) is 3.50. The van der Waals surface area contributed by atoms with Crippen molar-refractivity contribution in [3.8, 4) is 11.8 Å². The van der Waals surface area contributed by atoms with Gasteiger partial charge >= 0.3 is 5.97 Å². The van der Waals surface area contributed by atoms with Crippen LogP contribution in [0, 0.1) is 17.1 Å². The van der Waals surface area contributed by atoms with Gasteiger partial charge in [0.25, 0.3) is 5.91 Å². The van der Waals surface area contributed by atoms with Crippen molar-refractivity contribution in [2.75, 3.05) is 11.6 Å². The van der Waals surface area contributed by atoms with Gasteiger partial charge in [-0.05, 0) is 48.0 Å². The van der Waals surface area contributed by atoms with Crippen molar-refractivity contribution in [2.24, 2.45) is 0 Å². The number of nitriles is 1. The molecule has 1 heterocycles. The summed E-state index contributed by atoms with van der Waals surface area (Å²) >= 11 is 6.79. The second kappa shape index (κ2) is 9.86. The zero-order valence-electron chi connectivity index (χ0n) is 16.6. The van der Waals surface area contributed by atoms with Crippen LogP contribution in [0.3, 0.4) is 0 Å². The molecule has 1 N–H and O–H groups in total. The van der Waals surface area contributed by atoms with Crippen LogP contribution in [0.4, 0.5) is 9.52 Å². The Morgan fingerprint density at radius 1 is 1.21 bits per heavy atom. The van der Waals surface area contributed by atoms with Crippen molar-refractivity contribution < 1.29 is 27.1 Å². The molecule has 0 aliphatic carbocycles. The first-order chi connectivity index (χ1) is 15.6. The second-order valence-corrected chi connectivity index (χ2v) is 9.93. The Balaban J connectivity index is 1.74. The van der Waals surface area contributed by atoms with E-state index in [1.54, 1.807) is 6.07 Å². The number of rotatable bonds is 6. The Hall–Kier alpha value is -3.66. The normalized spacial score (nSPS) is 11.5. The molecule has 3 rings (SSSR count). The fourth-order valence-corrected chi connectivity index (χ4v) is 4.06. The summed E-state index contributed by atoms with van der Waals surface area (Å²) in [6.07, 6.45) is 2.18. The monoisotopic (exact) mass is 506 g/mol. The van der Waals surface area contributed by atoms with Gasteiger partial charge in [0.05, 0.1) is 10.6 Å². The number of amides is 1. The van der Waals surface area contributed by atoms with Crippen molar-refractivity contribution in [3.05, 3.63) is 70.0 Å². The lowest BCUT2D eigenvalue weighted by Crippen LogP contribution is -2.13. The maximum atomic E-state index is 13.0. The van der Waals surface area contributed by atoms with Gasteiger partial charge in [0.2, 0.25) is 19.3 Å². The third-order valence-corrected chi connectivity index (χ3v) is 6.66. The number of hydrogen-bond acceptors (Lipinski definition) is 9. The van der Waals surface area contributed by atoms with Gasteiger partial charge in [0, 0.05) is 6.26 Å². The van der Waals surface area contributed by atoms with Crippen LogP contribution in [0.15, 0.2) is 52.4 Å². The van der Waals surface area contributed by atoms with E-state index in [1.807, 2.05) is 0 Å². The fraction of sp³-hybridized carbons (Fsp3) is 0.0500. The highest BCUT2D eigenvalue weighted by molar-refractivity contribution is 7.92. The van der Waals surface area contributed by atoms with Crippen LogP contribution in [-0.4, -0.2) is 36.7 Å². The number of carbonyl (C=O) groups excluding carboxylic acids is 2. The lowest BCUT2D eigenvalue weighted by atomic mass is 10.1. The van der Waals surface area contributed by atoms with Crippen molar-refractivity contribution in [2.45, 2.75) is 4.34 Å². The van der Waals surface area contributed by atoms with Crippen LogP contribution < -0.4 is 10.1 Å². The predicted molar refractivity (Wildman–Crippen MR) is 118 cm³/mol. The van der Waals surface area contributed by atoms with Crippen molar-refractivity contribution in [1.82, 2.24) is 10.2 Å². The lowest BCUT2D eigenvalue weighted by molar-refractivity contribution is -0.112. The molecule has 2 aromatic carbocycles. The molecule has 0 fully saturated rings. The molecule has 1 amide bonds. The van der Waals surface area contributed by atoms with Crippen LogP contribution in [-0.2, 0) is 14.6 Å². The number of sulfone groups is 1.